The van der Waals surface area contributed by atoms with Crippen LogP contribution in [-0.2, 0) is 16.3 Å². The van der Waals surface area contributed by atoms with Crippen LogP contribution in [0.4, 0.5) is 5.82 Å². The minimum Gasteiger partial charge on any atom is -0.493 e. The van der Waals surface area contributed by atoms with Gasteiger partial charge in [-0.1, -0.05) is 29.8 Å². The Labute approximate surface area is 171 Å². The number of halogens is 1. The van der Waals surface area contributed by atoms with E-state index in [1.165, 1.54) is 0 Å². The Kier molecular flexibility index (Phi) is 5.45. The van der Waals surface area contributed by atoms with Crippen molar-refractivity contribution in [2.24, 2.45) is 0 Å². The van der Waals surface area contributed by atoms with Gasteiger partial charge in [0.25, 0.3) is 5.91 Å². The normalized spacial score (nSPS) is 12.5. The van der Waals surface area contributed by atoms with Crippen LogP contribution in [0.1, 0.15) is 11.3 Å². The van der Waals surface area contributed by atoms with E-state index in [-0.39, 0.29) is 12.5 Å². The zero-order valence-electron chi connectivity index (χ0n) is 15.1. The van der Waals surface area contributed by atoms with Gasteiger partial charge in [-0.05, 0) is 30.3 Å². The topological polar surface area (TPSA) is 65.4 Å². The van der Waals surface area contributed by atoms with E-state index >= 15 is 0 Å². The van der Waals surface area contributed by atoms with Crippen molar-refractivity contribution in [3.63, 3.8) is 0 Å². The number of hydrogen-bond acceptors (Lipinski definition) is 5. The molecule has 6 nitrogen and oxygen atoms in total. The van der Waals surface area contributed by atoms with Gasteiger partial charge in [-0.25, -0.2) is 4.68 Å². The minimum absolute atomic E-state index is 0.136. The molecule has 0 fully saturated rings. The van der Waals surface area contributed by atoms with Gasteiger partial charge in [0.2, 0.25) is 0 Å². The molecule has 0 saturated heterocycles. The number of aromatic nitrogens is 2. The summed E-state index contributed by atoms with van der Waals surface area (Å²) in [6.45, 7) is -0.136. The highest BCUT2D eigenvalue weighted by atomic mass is 35.5. The Hall–Kier alpha value is -2.64. The maximum atomic E-state index is 12.6. The number of amides is 1. The van der Waals surface area contributed by atoms with Gasteiger partial charge in [-0.3, -0.25) is 4.79 Å². The van der Waals surface area contributed by atoms with Crippen molar-refractivity contribution in [2.45, 2.75) is 11.5 Å². The van der Waals surface area contributed by atoms with Gasteiger partial charge in [0.1, 0.15) is 5.82 Å². The summed E-state index contributed by atoms with van der Waals surface area (Å²) in [7, 11) is 1.56. The molecule has 28 heavy (non-hydrogen) atoms. The van der Waals surface area contributed by atoms with Crippen molar-refractivity contribution in [1.82, 2.24) is 9.78 Å². The van der Waals surface area contributed by atoms with Crippen LogP contribution in [0.5, 0.6) is 11.5 Å². The Morgan fingerprint density at radius 2 is 2.04 bits per heavy atom. The second-order valence-corrected chi connectivity index (χ2v) is 7.57. The van der Waals surface area contributed by atoms with Crippen molar-refractivity contribution >= 4 is 35.1 Å². The molecule has 0 atom stereocenters. The van der Waals surface area contributed by atoms with Crippen molar-refractivity contribution in [1.29, 1.82) is 0 Å². The average molecular weight is 416 g/mol. The van der Waals surface area contributed by atoms with Crippen molar-refractivity contribution in [3.8, 4) is 17.2 Å². The van der Waals surface area contributed by atoms with Crippen molar-refractivity contribution in [3.05, 3.63) is 64.8 Å². The van der Waals surface area contributed by atoms with Crippen LogP contribution in [0.15, 0.2) is 48.5 Å². The number of carbonyl (C=O) groups excluding carboxylic acids is 1. The first-order chi connectivity index (χ1) is 13.7. The van der Waals surface area contributed by atoms with Gasteiger partial charge in [0, 0.05) is 22.1 Å². The zero-order valence-corrected chi connectivity index (χ0v) is 16.7. The molecular formula is C20H18ClN3O3S. The van der Waals surface area contributed by atoms with E-state index in [0.717, 1.165) is 28.5 Å². The number of methoxy groups -OCH3 is 1. The first kappa shape index (κ1) is 18.7. The largest absolute Gasteiger partial charge is 0.493 e. The standard InChI is InChI=1S/C20H18ClN3O3S/c1-26-17-7-2-3-8-18(17)27-10-19(25)22-20-15-11-28-12-16(15)23-24(20)14-6-4-5-13(21)9-14/h2-9H,10-12H2,1H3,(H,22,25). The maximum absolute atomic E-state index is 12.6. The SMILES string of the molecule is COc1ccccc1OCC(=O)Nc1c2c(nn1-c1cccc(Cl)c1)CSC2. The van der Waals surface area contributed by atoms with Gasteiger partial charge in [-0.2, -0.15) is 16.9 Å². The Morgan fingerprint density at radius 1 is 1.21 bits per heavy atom. The van der Waals surface area contributed by atoms with E-state index in [9.17, 15) is 4.79 Å². The highest BCUT2D eigenvalue weighted by molar-refractivity contribution is 7.98. The van der Waals surface area contributed by atoms with Crippen LogP contribution in [-0.4, -0.2) is 29.4 Å². The summed E-state index contributed by atoms with van der Waals surface area (Å²) in [4.78, 5) is 12.6. The van der Waals surface area contributed by atoms with Gasteiger partial charge in [-0.15, -0.1) is 0 Å². The number of hydrogen-bond donors (Lipinski definition) is 1. The number of rotatable bonds is 6. The molecule has 1 N–H and O–H groups in total. The molecule has 0 unspecified atom stereocenters. The van der Waals surface area contributed by atoms with Crippen LogP contribution >= 0.6 is 23.4 Å². The smallest absolute Gasteiger partial charge is 0.263 e. The van der Waals surface area contributed by atoms with Gasteiger partial charge in [0.05, 0.1) is 18.5 Å². The number of para-hydroxylation sites is 2. The Morgan fingerprint density at radius 3 is 2.82 bits per heavy atom. The number of thioether (sulfide) groups is 1. The Balaban J connectivity index is 1.55. The molecule has 0 spiro atoms. The molecule has 0 aliphatic carbocycles. The van der Waals surface area contributed by atoms with E-state index in [1.807, 2.05) is 30.3 Å². The summed E-state index contributed by atoms with van der Waals surface area (Å²) in [5.41, 5.74) is 2.81. The molecule has 3 aromatic rings. The molecule has 4 rings (SSSR count). The third-order valence-corrected chi connectivity index (χ3v) is 5.50. The average Bonchev–Trinajstić information content (AvgIpc) is 3.29. The predicted molar refractivity (Wildman–Crippen MR) is 111 cm³/mol. The highest BCUT2D eigenvalue weighted by Crippen LogP contribution is 2.36. The highest BCUT2D eigenvalue weighted by Gasteiger charge is 2.25. The molecule has 2 heterocycles. The monoisotopic (exact) mass is 415 g/mol. The first-order valence-corrected chi connectivity index (χ1v) is 10.2. The fraction of sp³-hybridized carbons (Fsp3) is 0.200. The number of carbonyl (C=O) groups is 1. The molecule has 144 valence electrons. The van der Waals surface area contributed by atoms with Crippen LogP contribution in [0.25, 0.3) is 5.69 Å². The molecule has 1 amide bonds. The minimum atomic E-state index is -0.270. The second-order valence-electron chi connectivity index (χ2n) is 6.15. The second kappa shape index (κ2) is 8.16. The van der Waals surface area contributed by atoms with E-state index < -0.39 is 0 Å². The van der Waals surface area contributed by atoms with Crippen LogP contribution < -0.4 is 14.8 Å². The molecule has 0 bridgehead atoms. The van der Waals surface area contributed by atoms with Crippen molar-refractivity contribution in [2.75, 3.05) is 19.0 Å². The Bertz CT molecular complexity index is 1020. The van der Waals surface area contributed by atoms with Gasteiger partial charge < -0.3 is 14.8 Å². The molecular weight excluding hydrogens is 398 g/mol. The maximum Gasteiger partial charge on any atom is 0.263 e. The quantitative estimate of drug-likeness (QED) is 0.650. The van der Waals surface area contributed by atoms with Crippen molar-refractivity contribution < 1.29 is 14.3 Å². The van der Waals surface area contributed by atoms with Crippen LogP contribution in [0.3, 0.4) is 0 Å². The molecule has 1 aliphatic rings. The molecule has 0 radical (unpaired) electrons. The third-order valence-electron chi connectivity index (χ3n) is 4.29. The lowest BCUT2D eigenvalue weighted by molar-refractivity contribution is -0.118. The van der Waals surface area contributed by atoms with E-state index in [1.54, 1.807) is 41.8 Å². The molecule has 2 aromatic carbocycles. The van der Waals surface area contributed by atoms with E-state index in [4.69, 9.17) is 21.1 Å². The lowest BCUT2D eigenvalue weighted by atomic mass is 10.2. The number of nitrogens with one attached hydrogen (secondary N) is 1. The van der Waals surface area contributed by atoms with E-state index in [0.29, 0.717) is 22.3 Å². The summed E-state index contributed by atoms with van der Waals surface area (Å²) in [5.74, 6) is 3.12. The summed E-state index contributed by atoms with van der Waals surface area (Å²) < 4.78 is 12.6. The number of fused-ring (bicyclic) bond motifs is 1. The number of ether oxygens (including phenoxy) is 2. The molecule has 1 aromatic heterocycles. The lowest BCUT2D eigenvalue weighted by Gasteiger charge is -2.13. The lowest BCUT2D eigenvalue weighted by Crippen LogP contribution is -2.22. The number of nitrogens with zero attached hydrogens (tertiary/aromatic N) is 2. The number of anilines is 1. The first-order valence-electron chi connectivity index (χ1n) is 8.66. The number of benzene rings is 2. The fourth-order valence-electron chi connectivity index (χ4n) is 2.99. The molecule has 8 heteroatoms. The van der Waals surface area contributed by atoms with Gasteiger partial charge in [0.15, 0.2) is 18.1 Å². The van der Waals surface area contributed by atoms with E-state index in [2.05, 4.69) is 10.4 Å². The summed E-state index contributed by atoms with van der Waals surface area (Å²) >= 11 is 7.90. The predicted octanol–water partition coefficient (Wildman–Crippen LogP) is 4.30. The fourth-order valence-corrected chi connectivity index (χ4v) is 4.20. The van der Waals surface area contributed by atoms with Gasteiger partial charge >= 0.3 is 0 Å². The summed E-state index contributed by atoms with van der Waals surface area (Å²) in [6, 6.07) is 14.6. The summed E-state index contributed by atoms with van der Waals surface area (Å²) in [5, 5.41) is 8.23. The van der Waals surface area contributed by atoms with Crippen LogP contribution in [0, 0.1) is 0 Å². The molecule has 0 saturated carbocycles. The summed E-state index contributed by atoms with van der Waals surface area (Å²) in [6.07, 6.45) is 0. The van der Waals surface area contributed by atoms with Crippen LogP contribution in [0.2, 0.25) is 5.02 Å². The third kappa shape index (κ3) is 3.81. The molecule has 1 aliphatic heterocycles. The zero-order chi connectivity index (χ0) is 19.5.